The van der Waals surface area contributed by atoms with Crippen LogP contribution in [0, 0.1) is 11.8 Å². The molecule has 108 valence electrons. The zero-order valence-electron chi connectivity index (χ0n) is 12.0. The van der Waals surface area contributed by atoms with Crippen molar-refractivity contribution in [3.63, 3.8) is 0 Å². The summed E-state index contributed by atoms with van der Waals surface area (Å²) in [7, 11) is 1.84. The van der Waals surface area contributed by atoms with Gasteiger partial charge in [-0.05, 0) is 31.2 Å². The molecular formula is C15H17N5O. The number of amides is 1. The van der Waals surface area contributed by atoms with Crippen LogP contribution in [0.1, 0.15) is 34.7 Å². The molecule has 2 aromatic rings. The molecule has 0 aliphatic heterocycles. The molecule has 6 heteroatoms. The van der Waals surface area contributed by atoms with Gasteiger partial charge < -0.3 is 15.6 Å². The number of benzene rings is 1. The number of carbonyl (C=O) groups is 1. The fourth-order valence-electron chi connectivity index (χ4n) is 1.89. The molecule has 1 atom stereocenters. The van der Waals surface area contributed by atoms with Crippen LogP contribution < -0.4 is 11.1 Å². The zero-order chi connectivity index (χ0) is 15.2. The molecule has 3 N–H and O–H groups in total. The van der Waals surface area contributed by atoms with Crippen LogP contribution >= 0.6 is 0 Å². The van der Waals surface area contributed by atoms with Crippen LogP contribution in [0.15, 0.2) is 30.6 Å². The van der Waals surface area contributed by atoms with Gasteiger partial charge >= 0.3 is 0 Å². The first kappa shape index (κ1) is 14.8. The van der Waals surface area contributed by atoms with Gasteiger partial charge in [0, 0.05) is 18.2 Å². The molecule has 1 amide bonds. The highest BCUT2D eigenvalue weighted by Gasteiger charge is 2.15. The van der Waals surface area contributed by atoms with Crippen LogP contribution in [0.4, 0.5) is 0 Å². The Kier molecular flexibility index (Phi) is 4.69. The summed E-state index contributed by atoms with van der Waals surface area (Å²) >= 11 is 0. The molecule has 21 heavy (non-hydrogen) atoms. The number of aromatic nitrogens is 3. The molecule has 0 spiro atoms. The summed E-state index contributed by atoms with van der Waals surface area (Å²) in [6.07, 6.45) is 1.60. The van der Waals surface area contributed by atoms with Gasteiger partial charge in [0.2, 0.25) is 0 Å². The Morgan fingerprint density at radius 2 is 2.14 bits per heavy atom. The molecule has 6 nitrogen and oxygen atoms in total. The lowest BCUT2D eigenvalue weighted by atomic mass is 10.1. The molecule has 0 bridgehead atoms. The highest BCUT2D eigenvalue weighted by atomic mass is 16.1. The number of nitrogens with zero attached hydrogens (tertiary/aromatic N) is 3. The SMILES string of the molecule is CC(NC(=O)c1ccc(C#CCN)cc1)c1nncn1C. The third kappa shape index (κ3) is 3.68. The summed E-state index contributed by atoms with van der Waals surface area (Å²) in [5.74, 6) is 6.22. The maximum absolute atomic E-state index is 12.2. The van der Waals surface area contributed by atoms with Gasteiger partial charge in [-0.3, -0.25) is 4.79 Å². The molecule has 1 heterocycles. The van der Waals surface area contributed by atoms with E-state index in [0.717, 1.165) is 5.56 Å². The predicted molar refractivity (Wildman–Crippen MR) is 79.3 cm³/mol. The molecule has 0 aliphatic rings. The lowest BCUT2D eigenvalue weighted by molar-refractivity contribution is 0.0938. The Labute approximate surface area is 123 Å². The number of nitrogens with two attached hydrogens (primary N) is 1. The second-order valence-electron chi connectivity index (χ2n) is 4.58. The van der Waals surface area contributed by atoms with Crippen molar-refractivity contribution in [2.45, 2.75) is 13.0 Å². The van der Waals surface area contributed by atoms with E-state index in [-0.39, 0.29) is 11.9 Å². The van der Waals surface area contributed by atoms with Crippen molar-refractivity contribution >= 4 is 5.91 Å². The fraction of sp³-hybridized carbons (Fsp3) is 0.267. The van der Waals surface area contributed by atoms with Gasteiger partial charge in [-0.25, -0.2) is 0 Å². The maximum atomic E-state index is 12.2. The van der Waals surface area contributed by atoms with Crippen LogP contribution in [0.25, 0.3) is 0 Å². The Balaban J connectivity index is 2.05. The molecule has 1 aromatic heterocycles. The number of nitrogens with one attached hydrogen (secondary N) is 1. The van der Waals surface area contributed by atoms with Gasteiger partial charge in [0.15, 0.2) is 5.82 Å². The second-order valence-corrected chi connectivity index (χ2v) is 4.58. The minimum Gasteiger partial charge on any atom is -0.342 e. The Morgan fingerprint density at radius 3 is 2.71 bits per heavy atom. The van der Waals surface area contributed by atoms with Gasteiger partial charge in [0.1, 0.15) is 6.33 Å². The monoisotopic (exact) mass is 283 g/mol. The average molecular weight is 283 g/mol. The van der Waals surface area contributed by atoms with E-state index in [4.69, 9.17) is 5.73 Å². The summed E-state index contributed by atoms with van der Waals surface area (Å²) in [6.45, 7) is 2.18. The second kappa shape index (κ2) is 6.68. The zero-order valence-corrected chi connectivity index (χ0v) is 12.0. The van der Waals surface area contributed by atoms with Gasteiger partial charge in [-0.15, -0.1) is 10.2 Å². The third-order valence-corrected chi connectivity index (χ3v) is 2.96. The van der Waals surface area contributed by atoms with E-state index in [1.54, 1.807) is 35.2 Å². The van der Waals surface area contributed by atoms with Crippen LogP contribution in [-0.2, 0) is 7.05 Å². The van der Waals surface area contributed by atoms with Crippen LogP contribution in [0.3, 0.4) is 0 Å². The number of carbonyl (C=O) groups excluding carboxylic acids is 1. The number of aryl methyl sites for hydroxylation is 1. The van der Waals surface area contributed by atoms with Crippen molar-refractivity contribution in [2.24, 2.45) is 12.8 Å². The van der Waals surface area contributed by atoms with Gasteiger partial charge in [-0.1, -0.05) is 11.8 Å². The smallest absolute Gasteiger partial charge is 0.251 e. The van der Waals surface area contributed by atoms with Crippen molar-refractivity contribution in [3.05, 3.63) is 47.5 Å². The molecule has 0 fully saturated rings. The van der Waals surface area contributed by atoms with E-state index in [2.05, 4.69) is 27.4 Å². The van der Waals surface area contributed by atoms with E-state index >= 15 is 0 Å². The number of rotatable bonds is 3. The summed E-state index contributed by atoms with van der Waals surface area (Å²) in [4.78, 5) is 12.2. The van der Waals surface area contributed by atoms with Gasteiger partial charge in [0.25, 0.3) is 5.91 Å². The van der Waals surface area contributed by atoms with E-state index in [0.29, 0.717) is 17.9 Å². The lowest BCUT2D eigenvalue weighted by Gasteiger charge is -2.12. The quantitative estimate of drug-likeness (QED) is 0.808. The summed E-state index contributed by atoms with van der Waals surface area (Å²) in [5, 5.41) is 10.7. The fourth-order valence-corrected chi connectivity index (χ4v) is 1.89. The minimum atomic E-state index is -0.221. The average Bonchev–Trinajstić information content (AvgIpc) is 2.91. The summed E-state index contributed by atoms with van der Waals surface area (Å²) in [6, 6.07) is 6.84. The molecule has 0 saturated carbocycles. The number of hydrogen-bond donors (Lipinski definition) is 2. The van der Waals surface area contributed by atoms with Crippen molar-refractivity contribution < 1.29 is 4.79 Å². The highest BCUT2D eigenvalue weighted by Crippen LogP contribution is 2.10. The van der Waals surface area contributed by atoms with E-state index < -0.39 is 0 Å². The molecule has 0 saturated heterocycles. The predicted octanol–water partition coefficient (Wildman–Crippen LogP) is 0.616. The Hall–Kier alpha value is -2.65. The Bertz CT molecular complexity index is 678. The first-order chi connectivity index (χ1) is 10.1. The van der Waals surface area contributed by atoms with Gasteiger partial charge in [-0.2, -0.15) is 0 Å². The molecule has 1 unspecified atom stereocenters. The normalized spacial score (nSPS) is 11.4. The Morgan fingerprint density at radius 1 is 1.43 bits per heavy atom. The standard InChI is InChI=1S/C15H17N5O/c1-11(14-19-17-10-20(14)2)18-15(21)13-7-5-12(6-8-13)4-3-9-16/h5-8,10-11H,9,16H2,1-2H3,(H,18,21). The first-order valence-electron chi connectivity index (χ1n) is 6.55. The summed E-state index contributed by atoms with van der Waals surface area (Å²) < 4.78 is 1.77. The minimum absolute atomic E-state index is 0.163. The molecular weight excluding hydrogens is 266 g/mol. The van der Waals surface area contributed by atoms with Crippen molar-refractivity contribution in [1.82, 2.24) is 20.1 Å². The first-order valence-corrected chi connectivity index (χ1v) is 6.55. The van der Waals surface area contributed by atoms with E-state index in [1.165, 1.54) is 0 Å². The third-order valence-electron chi connectivity index (χ3n) is 2.96. The van der Waals surface area contributed by atoms with Crippen molar-refractivity contribution in [1.29, 1.82) is 0 Å². The molecule has 0 radical (unpaired) electrons. The van der Waals surface area contributed by atoms with E-state index in [9.17, 15) is 4.79 Å². The van der Waals surface area contributed by atoms with Crippen LogP contribution in [0.5, 0.6) is 0 Å². The summed E-state index contributed by atoms with van der Waals surface area (Å²) in [5.41, 5.74) is 6.72. The molecule has 2 rings (SSSR count). The molecule has 1 aromatic carbocycles. The topological polar surface area (TPSA) is 85.8 Å². The maximum Gasteiger partial charge on any atom is 0.251 e. The van der Waals surface area contributed by atoms with Crippen molar-refractivity contribution in [2.75, 3.05) is 6.54 Å². The molecule has 0 aliphatic carbocycles. The van der Waals surface area contributed by atoms with Crippen LogP contribution in [0.2, 0.25) is 0 Å². The van der Waals surface area contributed by atoms with Crippen LogP contribution in [-0.4, -0.2) is 27.2 Å². The van der Waals surface area contributed by atoms with E-state index in [1.807, 2.05) is 14.0 Å². The van der Waals surface area contributed by atoms with Crippen molar-refractivity contribution in [3.8, 4) is 11.8 Å². The van der Waals surface area contributed by atoms with Gasteiger partial charge in [0.05, 0.1) is 12.6 Å². The highest BCUT2D eigenvalue weighted by molar-refractivity contribution is 5.94. The number of hydrogen-bond acceptors (Lipinski definition) is 4. The lowest BCUT2D eigenvalue weighted by Crippen LogP contribution is -2.28. The largest absolute Gasteiger partial charge is 0.342 e.